The summed E-state index contributed by atoms with van der Waals surface area (Å²) >= 11 is 0. The van der Waals surface area contributed by atoms with Crippen molar-refractivity contribution in [2.45, 2.75) is 38.5 Å². The van der Waals surface area contributed by atoms with E-state index in [1.807, 2.05) is 0 Å². The summed E-state index contributed by atoms with van der Waals surface area (Å²) in [7, 11) is 0. The van der Waals surface area contributed by atoms with Crippen molar-refractivity contribution in [2.75, 3.05) is 0 Å². The zero-order valence-electron chi connectivity index (χ0n) is 23.8. The smallest absolute Gasteiger partial charge is 0.257 e. The van der Waals surface area contributed by atoms with Gasteiger partial charge in [-0.1, -0.05) is 24.3 Å². The molecular formula is C38H30N4Os. The van der Waals surface area contributed by atoms with Gasteiger partial charge >= 0.3 is 19.8 Å². The third-order valence-corrected chi connectivity index (χ3v) is 7.50. The molecule has 0 spiro atoms. The molecule has 4 aromatic heterocycles. The average Bonchev–Trinajstić information content (AvgIpc) is 2.98. The van der Waals surface area contributed by atoms with Crippen LogP contribution >= 0.6 is 0 Å². The SMILES string of the molecule is [Os+2].[c-]1c2cccc1Cc1cccc(n1)Cc1[c-]c(ccc1)C2.c1cc2nc(c1)Cc1cccc(n1)Cc1cccc(n1)C2. The Morgan fingerprint density at radius 1 is 0.302 bits per heavy atom. The van der Waals surface area contributed by atoms with E-state index in [-0.39, 0.29) is 19.8 Å². The van der Waals surface area contributed by atoms with Crippen molar-refractivity contribution >= 4 is 0 Å². The summed E-state index contributed by atoms with van der Waals surface area (Å²) in [6.07, 6.45) is 4.93. The Morgan fingerprint density at radius 2 is 0.535 bits per heavy atom. The molecule has 12 bridgehead atoms. The normalized spacial score (nSPS) is 12.8. The van der Waals surface area contributed by atoms with Crippen molar-refractivity contribution in [3.63, 3.8) is 0 Å². The largest absolute Gasteiger partial charge is 2.00 e. The molecule has 6 heterocycles. The fourth-order valence-electron chi connectivity index (χ4n) is 5.61. The van der Waals surface area contributed by atoms with E-state index < -0.39 is 0 Å². The predicted octanol–water partition coefficient (Wildman–Crippen LogP) is 6.72. The minimum Gasteiger partial charge on any atom is -0.257 e. The molecule has 2 aromatic carbocycles. The van der Waals surface area contributed by atoms with Crippen LogP contribution < -0.4 is 0 Å². The summed E-state index contributed by atoms with van der Waals surface area (Å²) in [5, 5.41) is 0. The second-order valence-electron chi connectivity index (χ2n) is 10.9. The molecule has 0 unspecified atom stereocenters. The van der Waals surface area contributed by atoms with E-state index in [9.17, 15) is 0 Å². The average molecular weight is 733 g/mol. The second kappa shape index (κ2) is 13.3. The van der Waals surface area contributed by atoms with Gasteiger partial charge < -0.3 is 0 Å². The van der Waals surface area contributed by atoms with Crippen molar-refractivity contribution in [3.8, 4) is 0 Å². The first-order chi connectivity index (χ1) is 20.7. The van der Waals surface area contributed by atoms with E-state index in [4.69, 9.17) is 19.9 Å². The second-order valence-corrected chi connectivity index (χ2v) is 10.9. The van der Waals surface area contributed by atoms with E-state index in [2.05, 4.69) is 121 Å². The first-order valence-corrected chi connectivity index (χ1v) is 14.5. The van der Waals surface area contributed by atoms with Gasteiger partial charge in [0.05, 0.1) is 0 Å². The van der Waals surface area contributed by atoms with Gasteiger partial charge in [0, 0.05) is 64.8 Å². The van der Waals surface area contributed by atoms with Crippen LogP contribution in [0.3, 0.4) is 0 Å². The first-order valence-electron chi connectivity index (χ1n) is 14.5. The zero-order valence-corrected chi connectivity index (χ0v) is 26.3. The van der Waals surface area contributed by atoms with Crippen LogP contribution in [0.2, 0.25) is 0 Å². The third-order valence-electron chi connectivity index (χ3n) is 7.50. The molecule has 0 atom stereocenters. The summed E-state index contributed by atoms with van der Waals surface area (Å²) in [6.45, 7) is 0. The van der Waals surface area contributed by atoms with Crippen LogP contribution in [0.25, 0.3) is 0 Å². The van der Waals surface area contributed by atoms with Crippen molar-refractivity contribution in [2.24, 2.45) is 0 Å². The minimum atomic E-state index is 0. The molecule has 8 rings (SSSR count). The minimum absolute atomic E-state index is 0. The number of pyridine rings is 4. The van der Waals surface area contributed by atoms with Gasteiger partial charge in [-0.3, -0.25) is 19.9 Å². The Morgan fingerprint density at radius 3 is 0.837 bits per heavy atom. The molecule has 0 fully saturated rings. The first kappa shape index (κ1) is 28.8. The quantitative estimate of drug-likeness (QED) is 0.163. The molecule has 5 heteroatoms. The van der Waals surface area contributed by atoms with Crippen LogP contribution in [0, 0.1) is 12.1 Å². The van der Waals surface area contributed by atoms with E-state index in [0.29, 0.717) is 0 Å². The van der Waals surface area contributed by atoms with Gasteiger partial charge in [0.2, 0.25) is 0 Å². The van der Waals surface area contributed by atoms with Gasteiger partial charge in [-0.05, 0) is 67.8 Å². The molecule has 0 aliphatic carbocycles. The van der Waals surface area contributed by atoms with Crippen molar-refractivity contribution in [1.29, 1.82) is 0 Å². The van der Waals surface area contributed by atoms with Crippen molar-refractivity contribution in [3.05, 3.63) is 189 Å². The molecule has 210 valence electrons. The molecule has 4 nitrogen and oxygen atoms in total. The molecular weight excluding hydrogens is 703 g/mol. The van der Waals surface area contributed by atoms with Crippen LogP contribution in [-0.2, 0) is 58.3 Å². The summed E-state index contributed by atoms with van der Waals surface area (Å²) in [5.41, 5.74) is 13.4. The maximum atomic E-state index is 4.77. The number of hydrogen-bond acceptors (Lipinski definition) is 4. The number of rotatable bonds is 0. The maximum absolute atomic E-state index is 4.77. The van der Waals surface area contributed by atoms with Crippen LogP contribution in [0.15, 0.2) is 109 Å². The zero-order chi connectivity index (χ0) is 28.1. The fourth-order valence-corrected chi connectivity index (χ4v) is 5.61. The summed E-state index contributed by atoms with van der Waals surface area (Å²) in [5.74, 6) is 0. The van der Waals surface area contributed by atoms with E-state index in [1.165, 1.54) is 22.3 Å². The molecule has 0 saturated heterocycles. The van der Waals surface area contributed by atoms with Crippen LogP contribution in [-0.4, -0.2) is 19.9 Å². The van der Waals surface area contributed by atoms with E-state index in [0.717, 1.165) is 84.1 Å². The summed E-state index contributed by atoms with van der Waals surface area (Å²) in [4.78, 5) is 19.0. The number of aromatic nitrogens is 4. The Hall–Kier alpha value is -4.32. The van der Waals surface area contributed by atoms with Gasteiger partial charge in [-0.25, -0.2) is 0 Å². The standard InChI is InChI=1S/C20H15N.C18H15N3.Os/c1-4-15-10-16-5-2-7-18(12-16)14-20-9-3-8-19(21-20)13-17(6-1)11-15;1-4-13-10-15-6-2-8-17(20-15)12-18-9-3-7-16(21-18)11-14(5-1)19-13;/h1-9H,10,13-14H2;1-9H,10-12H2;/q-2;;+2. The Labute approximate surface area is 266 Å². The van der Waals surface area contributed by atoms with Crippen molar-refractivity contribution < 1.29 is 19.8 Å². The molecule has 2 aliphatic heterocycles. The van der Waals surface area contributed by atoms with Crippen LogP contribution in [0.5, 0.6) is 0 Å². The number of benzene rings is 2. The molecule has 0 radical (unpaired) electrons. The molecule has 2 aliphatic rings. The monoisotopic (exact) mass is 734 g/mol. The van der Waals surface area contributed by atoms with Crippen molar-refractivity contribution in [1.82, 2.24) is 19.9 Å². The van der Waals surface area contributed by atoms with Gasteiger partial charge in [-0.15, -0.1) is 0 Å². The molecule has 0 N–H and O–H groups in total. The molecule has 0 amide bonds. The van der Waals surface area contributed by atoms with Gasteiger partial charge in [0.1, 0.15) is 0 Å². The summed E-state index contributed by atoms with van der Waals surface area (Å²) in [6, 6.07) is 44.7. The Balaban J connectivity index is 0.000000150. The van der Waals surface area contributed by atoms with Crippen LogP contribution in [0.4, 0.5) is 0 Å². The summed E-state index contributed by atoms with van der Waals surface area (Å²) < 4.78 is 0. The topological polar surface area (TPSA) is 51.6 Å². The number of hydrogen-bond donors (Lipinski definition) is 0. The third kappa shape index (κ3) is 7.55. The maximum Gasteiger partial charge on any atom is 2.00 e. The fraction of sp³-hybridized carbons (Fsp3) is 0.158. The number of nitrogens with zero attached hydrogens (tertiary/aromatic N) is 4. The van der Waals surface area contributed by atoms with Gasteiger partial charge in [0.15, 0.2) is 0 Å². The molecule has 6 aromatic rings. The molecule has 0 saturated carbocycles. The van der Waals surface area contributed by atoms with Crippen LogP contribution in [0.1, 0.15) is 67.8 Å². The van der Waals surface area contributed by atoms with E-state index >= 15 is 0 Å². The predicted molar refractivity (Wildman–Crippen MR) is 164 cm³/mol. The number of fused-ring (bicyclic) bond motifs is 12. The van der Waals surface area contributed by atoms with Gasteiger partial charge in [-0.2, -0.15) is 70.8 Å². The Kier molecular flexibility index (Phi) is 8.92. The molecule has 43 heavy (non-hydrogen) atoms. The van der Waals surface area contributed by atoms with Gasteiger partial charge in [0.25, 0.3) is 0 Å². The van der Waals surface area contributed by atoms with E-state index in [1.54, 1.807) is 0 Å². The Bertz CT molecular complexity index is 1410.